The van der Waals surface area contributed by atoms with Crippen LogP contribution in [0.1, 0.15) is 69.7 Å². The molecule has 1 aliphatic carbocycles. The van der Waals surface area contributed by atoms with Gasteiger partial charge < -0.3 is 10.2 Å². The van der Waals surface area contributed by atoms with Gasteiger partial charge in [0, 0.05) is 24.3 Å². The molecule has 8 nitrogen and oxygen atoms in total. The number of nitrogens with one attached hydrogen (secondary N) is 2. The van der Waals surface area contributed by atoms with Crippen molar-refractivity contribution in [3.63, 3.8) is 0 Å². The summed E-state index contributed by atoms with van der Waals surface area (Å²) in [5.41, 5.74) is 0.0576. The van der Waals surface area contributed by atoms with Crippen LogP contribution in [0.25, 0.3) is 0 Å². The zero-order valence-corrected chi connectivity index (χ0v) is 20.4. The molecule has 0 spiro atoms. The number of carbonyl (C=O) groups is 1. The number of sulfonamides is 1. The van der Waals surface area contributed by atoms with Gasteiger partial charge >= 0.3 is 0 Å². The molecular weight excluding hydrogens is 438 g/mol. The summed E-state index contributed by atoms with van der Waals surface area (Å²) >= 11 is 0. The predicted octanol–water partition coefficient (Wildman–Crippen LogP) is 3.96. The van der Waals surface area contributed by atoms with E-state index in [0.29, 0.717) is 23.6 Å². The highest BCUT2D eigenvalue weighted by atomic mass is 32.2. The van der Waals surface area contributed by atoms with E-state index in [4.69, 9.17) is 0 Å². The summed E-state index contributed by atoms with van der Waals surface area (Å²) in [5, 5.41) is 3.15. The lowest BCUT2D eigenvalue weighted by molar-refractivity contribution is 0.0981. The zero-order chi connectivity index (χ0) is 23.6. The Morgan fingerprint density at radius 3 is 2.58 bits per heavy atom. The highest BCUT2D eigenvalue weighted by molar-refractivity contribution is 7.90. The molecule has 3 heterocycles. The molecule has 0 bridgehead atoms. The number of nitrogens with zero attached hydrogens (tertiary/aromatic N) is 3. The van der Waals surface area contributed by atoms with Crippen LogP contribution in [0.4, 0.5) is 11.6 Å². The van der Waals surface area contributed by atoms with Crippen molar-refractivity contribution in [3.05, 3.63) is 42.1 Å². The molecular formula is C24H33N5O3S. The van der Waals surface area contributed by atoms with Crippen LogP contribution >= 0.6 is 0 Å². The van der Waals surface area contributed by atoms with E-state index in [1.165, 1.54) is 12.5 Å². The van der Waals surface area contributed by atoms with Gasteiger partial charge in [-0.15, -0.1) is 0 Å². The van der Waals surface area contributed by atoms with Crippen LogP contribution in [0.3, 0.4) is 0 Å². The normalized spacial score (nSPS) is 21.1. The molecule has 2 aliphatic rings. The van der Waals surface area contributed by atoms with Crippen molar-refractivity contribution in [2.45, 2.75) is 75.9 Å². The summed E-state index contributed by atoms with van der Waals surface area (Å²) in [6.07, 6.45) is 8.23. The van der Waals surface area contributed by atoms with Crippen molar-refractivity contribution in [3.8, 4) is 0 Å². The average molecular weight is 472 g/mol. The van der Waals surface area contributed by atoms with Crippen LogP contribution in [-0.4, -0.2) is 42.4 Å². The predicted molar refractivity (Wildman–Crippen MR) is 129 cm³/mol. The standard InChI is InChI=1S/C24H33N5O3S/c1-17-15-24(2,3)29(16-17)22-19(11-8-14-25-22)23(30)28-33(31,32)21-13-7-12-20(27-21)26-18-9-5-4-6-10-18/h7-8,11-14,17-18H,4-6,9-10,15-16H2,1-3H3,(H,26,27)(H,28,30). The highest BCUT2D eigenvalue weighted by Crippen LogP contribution is 2.37. The molecule has 9 heteroatoms. The van der Waals surface area contributed by atoms with Crippen LogP contribution in [0.5, 0.6) is 0 Å². The first-order valence-corrected chi connectivity index (χ1v) is 13.2. The van der Waals surface area contributed by atoms with Crippen LogP contribution in [0, 0.1) is 5.92 Å². The molecule has 1 unspecified atom stereocenters. The third kappa shape index (κ3) is 5.29. The van der Waals surface area contributed by atoms with E-state index < -0.39 is 15.9 Å². The van der Waals surface area contributed by atoms with Crippen LogP contribution < -0.4 is 14.9 Å². The summed E-state index contributed by atoms with van der Waals surface area (Å²) < 4.78 is 28.2. The van der Waals surface area contributed by atoms with Gasteiger partial charge in [0.25, 0.3) is 15.9 Å². The van der Waals surface area contributed by atoms with Crippen LogP contribution in [-0.2, 0) is 10.0 Å². The molecule has 2 N–H and O–H groups in total. The molecule has 0 aromatic carbocycles. The minimum absolute atomic E-state index is 0.178. The minimum Gasteiger partial charge on any atom is -0.367 e. The monoisotopic (exact) mass is 471 g/mol. The van der Waals surface area contributed by atoms with E-state index in [1.54, 1.807) is 30.5 Å². The summed E-state index contributed by atoms with van der Waals surface area (Å²) in [5.74, 6) is 0.749. The van der Waals surface area contributed by atoms with E-state index in [1.807, 2.05) is 0 Å². The van der Waals surface area contributed by atoms with E-state index in [0.717, 1.165) is 38.6 Å². The second kappa shape index (κ2) is 9.29. The lowest BCUT2D eigenvalue weighted by Crippen LogP contribution is -2.41. The van der Waals surface area contributed by atoms with Crippen molar-refractivity contribution in [2.75, 3.05) is 16.8 Å². The van der Waals surface area contributed by atoms with Gasteiger partial charge in [0.15, 0.2) is 5.03 Å². The van der Waals surface area contributed by atoms with Gasteiger partial charge in [0.05, 0.1) is 5.56 Å². The van der Waals surface area contributed by atoms with Gasteiger partial charge in [0.2, 0.25) is 0 Å². The first kappa shape index (κ1) is 23.5. The Bertz CT molecular complexity index is 1110. The third-order valence-corrected chi connectivity index (χ3v) is 7.78. The third-order valence-electron chi connectivity index (χ3n) is 6.54. The smallest absolute Gasteiger partial charge is 0.281 e. The molecule has 4 rings (SSSR count). The summed E-state index contributed by atoms with van der Waals surface area (Å²) in [7, 11) is -4.15. The van der Waals surface area contributed by atoms with Crippen molar-refractivity contribution in [2.24, 2.45) is 5.92 Å². The Labute approximate surface area is 196 Å². The molecule has 178 valence electrons. The maximum Gasteiger partial charge on any atom is 0.281 e. The topological polar surface area (TPSA) is 104 Å². The molecule has 1 saturated carbocycles. The average Bonchev–Trinajstić information content (AvgIpc) is 3.06. The first-order chi connectivity index (χ1) is 15.7. The van der Waals surface area contributed by atoms with E-state index >= 15 is 0 Å². The molecule has 2 fully saturated rings. The molecule has 2 aromatic rings. The molecule has 0 radical (unpaired) electrons. The van der Waals surface area contributed by atoms with Gasteiger partial charge in [-0.3, -0.25) is 4.79 Å². The Hall–Kier alpha value is -2.68. The molecule has 1 saturated heterocycles. The summed E-state index contributed by atoms with van der Waals surface area (Å²) in [6, 6.07) is 8.34. The fourth-order valence-electron chi connectivity index (χ4n) is 5.08. The second-order valence-corrected chi connectivity index (χ2v) is 11.5. The Morgan fingerprint density at radius 2 is 1.88 bits per heavy atom. The second-order valence-electron chi connectivity index (χ2n) is 9.88. The van der Waals surface area contributed by atoms with Gasteiger partial charge in [0.1, 0.15) is 11.6 Å². The highest BCUT2D eigenvalue weighted by Gasteiger charge is 2.39. The lowest BCUT2D eigenvalue weighted by Gasteiger charge is -2.33. The Kier molecular flexibility index (Phi) is 6.61. The van der Waals surface area contributed by atoms with E-state index in [-0.39, 0.29) is 16.1 Å². The first-order valence-electron chi connectivity index (χ1n) is 11.7. The van der Waals surface area contributed by atoms with Crippen LogP contribution in [0.2, 0.25) is 0 Å². The number of carbonyl (C=O) groups excluding carboxylic acids is 1. The SMILES string of the molecule is CC1CN(c2ncccc2C(=O)NS(=O)(=O)c2cccc(NC3CCCCC3)n2)C(C)(C)C1. The summed E-state index contributed by atoms with van der Waals surface area (Å²) in [6.45, 7) is 7.14. The van der Waals surface area contributed by atoms with E-state index in [2.05, 4.69) is 45.7 Å². The Morgan fingerprint density at radius 1 is 1.12 bits per heavy atom. The number of amides is 1. The number of anilines is 2. The number of hydrogen-bond acceptors (Lipinski definition) is 7. The maximum absolute atomic E-state index is 13.1. The van der Waals surface area contributed by atoms with Crippen molar-refractivity contribution in [1.82, 2.24) is 14.7 Å². The van der Waals surface area contributed by atoms with Crippen molar-refractivity contribution in [1.29, 1.82) is 0 Å². The molecule has 33 heavy (non-hydrogen) atoms. The minimum atomic E-state index is -4.15. The van der Waals surface area contributed by atoms with Gasteiger partial charge in [-0.05, 0) is 63.3 Å². The van der Waals surface area contributed by atoms with Gasteiger partial charge in [-0.1, -0.05) is 32.3 Å². The maximum atomic E-state index is 13.1. The quantitative estimate of drug-likeness (QED) is 0.657. The Balaban J connectivity index is 1.54. The van der Waals surface area contributed by atoms with Gasteiger partial charge in [-0.25, -0.2) is 14.7 Å². The molecule has 1 aliphatic heterocycles. The fourth-order valence-corrected chi connectivity index (χ4v) is 6.01. The van der Waals surface area contributed by atoms with Gasteiger partial charge in [-0.2, -0.15) is 8.42 Å². The summed E-state index contributed by atoms with van der Waals surface area (Å²) in [4.78, 5) is 23.9. The molecule has 2 aromatic heterocycles. The lowest BCUT2D eigenvalue weighted by atomic mass is 9.95. The fraction of sp³-hybridized carbons (Fsp3) is 0.542. The zero-order valence-electron chi connectivity index (χ0n) is 19.5. The van der Waals surface area contributed by atoms with Crippen molar-refractivity contribution >= 4 is 27.6 Å². The van der Waals surface area contributed by atoms with Crippen LogP contribution in [0.15, 0.2) is 41.6 Å². The number of pyridine rings is 2. The largest absolute Gasteiger partial charge is 0.367 e. The number of hydrogen-bond donors (Lipinski definition) is 2. The number of aromatic nitrogens is 2. The van der Waals surface area contributed by atoms with Crippen molar-refractivity contribution < 1.29 is 13.2 Å². The van der Waals surface area contributed by atoms with E-state index in [9.17, 15) is 13.2 Å². The molecule has 1 atom stereocenters. The number of rotatable bonds is 6. The molecule has 1 amide bonds.